The van der Waals surface area contributed by atoms with Gasteiger partial charge in [0.1, 0.15) is 0 Å². The molecule has 1 unspecified atom stereocenters. The van der Waals surface area contributed by atoms with Crippen LogP contribution in [0.5, 0.6) is 0 Å². The lowest BCUT2D eigenvalue weighted by atomic mass is 9.94. The largest absolute Gasteiger partial charge is 0.271 e. The van der Waals surface area contributed by atoms with Crippen molar-refractivity contribution in [2.75, 3.05) is 0 Å². The Labute approximate surface area is 133 Å². The van der Waals surface area contributed by atoms with Crippen molar-refractivity contribution in [2.24, 2.45) is 5.84 Å². The molecular weight excluding hydrogens is 336 g/mol. The third-order valence-electron chi connectivity index (χ3n) is 3.44. The molecule has 0 aliphatic carbocycles. The number of hydrogen-bond donors (Lipinski definition) is 2. The normalized spacial score (nSPS) is 12.4. The van der Waals surface area contributed by atoms with Gasteiger partial charge in [-0.25, -0.2) is 0 Å². The van der Waals surface area contributed by atoms with Crippen molar-refractivity contribution in [3.05, 3.63) is 68.1 Å². The molecule has 0 aliphatic rings. The van der Waals surface area contributed by atoms with Crippen molar-refractivity contribution < 1.29 is 0 Å². The van der Waals surface area contributed by atoms with Crippen LogP contribution in [-0.2, 0) is 6.42 Å². The number of nitrogens with one attached hydrogen (secondary N) is 1. The predicted molar refractivity (Wildman–Crippen MR) is 88.8 cm³/mol. The van der Waals surface area contributed by atoms with Gasteiger partial charge in [0.15, 0.2) is 0 Å². The highest BCUT2D eigenvalue weighted by molar-refractivity contribution is 9.10. The molecule has 0 heterocycles. The summed E-state index contributed by atoms with van der Waals surface area (Å²) in [4.78, 5) is 0. The van der Waals surface area contributed by atoms with E-state index in [4.69, 9.17) is 17.4 Å². The van der Waals surface area contributed by atoms with Crippen LogP contribution in [0, 0.1) is 13.8 Å². The van der Waals surface area contributed by atoms with E-state index >= 15 is 0 Å². The van der Waals surface area contributed by atoms with E-state index in [9.17, 15) is 0 Å². The Kier molecular flexibility index (Phi) is 5.22. The molecule has 0 aromatic heterocycles. The van der Waals surface area contributed by atoms with E-state index in [1.165, 1.54) is 16.7 Å². The molecule has 2 rings (SSSR count). The summed E-state index contributed by atoms with van der Waals surface area (Å²) in [5.74, 6) is 5.74. The smallest absolute Gasteiger partial charge is 0.0503 e. The van der Waals surface area contributed by atoms with Gasteiger partial charge in [0, 0.05) is 9.50 Å². The van der Waals surface area contributed by atoms with Crippen molar-refractivity contribution in [3.8, 4) is 0 Å². The summed E-state index contributed by atoms with van der Waals surface area (Å²) in [7, 11) is 0. The van der Waals surface area contributed by atoms with Crippen LogP contribution >= 0.6 is 27.5 Å². The van der Waals surface area contributed by atoms with E-state index in [2.05, 4.69) is 53.4 Å². The minimum absolute atomic E-state index is 0.0503. The van der Waals surface area contributed by atoms with E-state index in [-0.39, 0.29) is 6.04 Å². The third-order valence-corrected chi connectivity index (χ3v) is 4.29. The molecule has 106 valence electrons. The van der Waals surface area contributed by atoms with Gasteiger partial charge in [0.05, 0.1) is 6.04 Å². The molecule has 20 heavy (non-hydrogen) atoms. The van der Waals surface area contributed by atoms with Gasteiger partial charge in [-0.1, -0.05) is 57.4 Å². The number of halogens is 2. The highest BCUT2D eigenvalue weighted by Gasteiger charge is 2.14. The fraction of sp³-hybridized carbons (Fsp3) is 0.250. The Morgan fingerprint density at radius 3 is 2.55 bits per heavy atom. The monoisotopic (exact) mass is 352 g/mol. The molecule has 0 spiro atoms. The standard InChI is InChI=1S/C16H18BrClN2/c1-10-3-6-14(11(2)7-10)16(20-19)8-12-4-5-13(17)9-15(12)18/h3-7,9,16,20H,8,19H2,1-2H3. The van der Waals surface area contributed by atoms with E-state index in [0.29, 0.717) is 0 Å². The molecule has 0 fully saturated rings. The number of nitrogens with two attached hydrogens (primary N) is 1. The fourth-order valence-corrected chi connectivity index (χ4v) is 3.13. The second-order valence-corrected chi connectivity index (χ2v) is 6.34. The first kappa shape index (κ1) is 15.5. The minimum atomic E-state index is 0.0503. The number of aryl methyl sites for hydroxylation is 2. The lowest BCUT2D eigenvalue weighted by Gasteiger charge is -2.20. The molecule has 2 aromatic carbocycles. The average Bonchev–Trinajstić information content (AvgIpc) is 2.39. The van der Waals surface area contributed by atoms with Crippen molar-refractivity contribution in [1.29, 1.82) is 0 Å². The molecule has 3 N–H and O–H groups in total. The highest BCUT2D eigenvalue weighted by Crippen LogP contribution is 2.27. The van der Waals surface area contributed by atoms with Gasteiger partial charge in [0.25, 0.3) is 0 Å². The third kappa shape index (κ3) is 3.61. The van der Waals surface area contributed by atoms with Gasteiger partial charge in [-0.05, 0) is 49.1 Å². The van der Waals surface area contributed by atoms with Crippen LogP contribution in [0.1, 0.15) is 28.3 Å². The van der Waals surface area contributed by atoms with Gasteiger partial charge in [0.2, 0.25) is 0 Å². The zero-order valence-corrected chi connectivity index (χ0v) is 13.9. The van der Waals surface area contributed by atoms with Crippen LogP contribution in [0.25, 0.3) is 0 Å². The summed E-state index contributed by atoms with van der Waals surface area (Å²) in [5, 5.41) is 0.754. The first-order chi connectivity index (χ1) is 9.51. The summed E-state index contributed by atoms with van der Waals surface area (Å²) in [6.07, 6.45) is 0.756. The molecule has 1 atom stereocenters. The zero-order valence-electron chi connectivity index (χ0n) is 11.6. The molecule has 0 amide bonds. The summed E-state index contributed by atoms with van der Waals surface area (Å²) in [6, 6.07) is 12.4. The number of hydrazine groups is 1. The quantitative estimate of drug-likeness (QED) is 0.629. The second-order valence-electron chi connectivity index (χ2n) is 5.02. The Bertz CT molecular complexity index is 613. The molecule has 2 aromatic rings. The van der Waals surface area contributed by atoms with Gasteiger partial charge < -0.3 is 0 Å². The summed E-state index contributed by atoms with van der Waals surface area (Å²) >= 11 is 9.70. The first-order valence-electron chi connectivity index (χ1n) is 6.48. The first-order valence-corrected chi connectivity index (χ1v) is 7.65. The van der Waals surface area contributed by atoms with Crippen LogP contribution in [0.4, 0.5) is 0 Å². The van der Waals surface area contributed by atoms with Crippen molar-refractivity contribution in [1.82, 2.24) is 5.43 Å². The van der Waals surface area contributed by atoms with Crippen LogP contribution < -0.4 is 11.3 Å². The zero-order chi connectivity index (χ0) is 14.7. The summed E-state index contributed by atoms with van der Waals surface area (Å²) < 4.78 is 0.982. The van der Waals surface area contributed by atoms with Crippen molar-refractivity contribution in [2.45, 2.75) is 26.3 Å². The lowest BCUT2D eigenvalue weighted by Crippen LogP contribution is -2.30. The highest BCUT2D eigenvalue weighted by atomic mass is 79.9. The maximum absolute atomic E-state index is 6.28. The second kappa shape index (κ2) is 6.72. The van der Waals surface area contributed by atoms with Crippen LogP contribution in [-0.4, -0.2) is 0 Å². The molecule has 0 radical (unpaired) electrons. The molecule has 4 heteroatoms. The van der Waals surface area contributed by atoms with E-state index in [1.807, 2.05) is 18.2 Å². The predicted octanol–water partition coefficient (Wildman–Crippen LogP) is 4.47. The molecule has 0 saturated carbocycles. The van der Waals surface area contributed by atoms with Crippen LogP contribution in [0.15, 0.2) is 40.9 Å². The topological polar surface area (TPSA) is 38.0 Å². The Balaban J connectivity index is 2.28. The SMILES string of the molecule is Cc1ccc(C(Cc2ccc(Br)cc2Cl)NN)c(C)c1. The van der Waals surface area contributed by atoms with E-state index in [1.54, 1.807) is 0 Å². The Morgan fingerprint density at radius 1 is 1.20 bits per heavy atom. The Morgan fingerprint density at radius 2 is 1.95 bits per heavy atom. The number of benzene rings is 2. The molecule has 0 aliphatic heterocycles. The average molecular weight is 354 g/mol. The Hall–Kier alpha value is -0.870. The number of rotatable bonds is 4. The molecule has 0 saturated heterocycles. The molecular formula is C16H18BrClN2. The van der Waals surface area contributed by atoms with E-state index in [0.717, 1.165) is 21.5 Å². The van der Waals surface area contributed by atoms with Gasteiger partial charge >= 0.3 is 0 Å². The fourth-order valence-electron chi connectivity index (χ4n) is 2.38. The molecule has 0 bridgehead atoms. The van der Waals surface area contributed by atoms with Crippen molar-refractivity contribution >= 4 is 27.5 Å². The van der Waals surface area contributed by atoms with Crippen LogP contribution in [0.2, 0.25) is 5.02 Å². The maximum Gasteiger partial charge on any atom is 0.0503 e. The maximum atomic E-state index is 6.28. The minimum Gasteiger partial charge on any atom is -0.271 e. The summed E-state index contributed by atoms with van der Waals surface area (Å²) in [5.41, 5.74) is 7.68. The van der Waals surface area contributed by atoms with Gasteiger partial charge in [-0.15, -0.1) is 0 Å². The van der Waals surface area contributed by atoms with E-state index < -0.39 is 0 Å². The summed E-state index contributed by atoms with van der Waals surface area (Å²) in [6.45, 7) is 4.20. The number of hydrogen-bond acceptors (Lipinski definition) is 2. The van der Waals surface area contributed by atoms with Crippen LogP contribution in [0.3, 0.4) is 0 Å². The van der Waals surface area contributed by atoms with Crippen molar-refractivity contribution in [3.63, 3.8) is 0 Å². The molecule has 2 nitrogen and oxygen atoms in total. The van der Waals surface area contributed by atoms with Gasteiger partial charge in [-0.3, -0.25) is 11.3 Å². The lowest BCUT2D eigenvalue weighted by molar-refractivity contribution is 0.549. The van der Waals surface area contributed by atoms with Gasteiger partial charge in [-0.2, -0.15) is 0 Å².